The second-order valence-corrected chi connectivity index (χ2v) is 3.20. The van der Waals surface area contributed by atoms with Crippen LogP contribution in [0.2, 0.25) is 0 Å². The largest absolute Gasteiger partial charge is 0.0544 e. The molecule has 0 spiro atoms. The van der Waals surface area contributed by atoms with E-state index in [1.54, 1.807) is 0 Å². The van der Waals surface area contributed by atoms with E-state index in [0.29, 0.717) is 0 Å². The maximum Gasteiger partial charge on any atom is -0.0178 e. The van der Waals surface area contributed by atoms with Gasteiger partial charge in [-0.1, -0.05) is 36.4 Å². The van der Waals surface area contributed by atoms with Crippen molar-refractivity contribution in [2.75, 3.05) is 0 Å². The number of rotatable bonds is 0. The van der Waals surface area contributed by atoms with Crippen molar-refractivity contribution >= 4 is 22.9 Å². The first-order valence-electron chi connectivity index (χ1n) is 4.14. The SMILES string of the molecule is C1=Cc2ccc3cc1ccc3c2. The summed E-state index contributed by atoms with van der Waals surface area (Å²) in [4.78, 5) is 0. The summed E-state index contributed by atoms with van der Waals surface area (Å²) in [5, 5.41) is 2.67. The lowest BCUT2D eigenvalue weighted by Gasteiger charge is -2.05. The lowest BCUT2D eigenvalue weighted by atomic mass is 10.0. The highest BCUT2D eigenvalue weighted by molar-refractivity contribution is 5.90. The van der Waals surface area contributed by atoms with E-state index in [1.807, 2.05) is 0 Å². The highest BCUT2D eigenvalue weighted by Crippen LogP contribution is 2.23. The molecule has 0 saturated carbocycles. The van der Waals surface area contributed by atoms with Gasteiger partial charge in [-0.15, -0.1) is 0 Å². The summed E-state index contributed by atoms with van der Waals surface area (Å²) in [6, 6.07) is 13.1. The van der Waals surface area contributed by atoms with Crippen LogP contribution in [0.15, 0.2) is 36.4 Å². The van der Waals surface area contributed by atoms with Gasteiger partial charge in [-0.3, -0.25) is 0 Å². The van der Waals surface area contributed by atoms with Crippen molar-refractivity contribution in [1.29, 1.82) is 0 Å². The van der Waals surface area contributed by atoms with Crippen molar-refractivity contribution in [3.8, 4) is 0 Å². The normalized spacial score (nSPS) is 12.7. The molecule has 4 bridgehead atoms. The Morgan fingerprint density at radius 3 is 1.58 bits per heavy atom. The zero-order valence-electron chi connectivity index (χ0n) is 6.62. The number of hydrogen-bond acceptors (Lipinski definition) is 0. The average molecular weight is 152 g/mol. The number of fused-ring (bicyclic) bond motifs is 2. The predicted octanol–water partition coefficient (Wildman–Crippen LogP) is 3.32. The minimum Gasteiger partial charge on any atom is -0.0544 e. The van der Waals surface area contributed by atoms with Gasteiger partial charge in [0.1, 0.15) is 0 Å². The average Bonchev–Trinajstić information content (AvgIpc) is 2.07. The molecule has 2 aromatic rings. The van der Waals surface area contributed by atoms with Gasteiger partial charge >= 0.3 is 0 Å². The molecule has 3 aliphatic carbocycles. The van der Waals surface area contributed by atoms with Gasteiger partial charge in [0.15, 0.2) is 0 Å². The van der Waals surface area contributed by atoms with Crippen LogP contribution >= 0.6 is 0 Å². The molecular formula is C12H8. The summed E-state index contributed by atoms with van der Waals surface area (Å²) < 4.78 is 0. The summed E-state index contributed by atoms with van der Waals surface area (Å²) in [5.41, 5.74) is 2.59. The molecule has 0 heterocycles. The van der Waals surface area contributed by atoms with Crippen molar-refractivity contribution in [2.45, 2.75) is 0 Å². The lowest BCUT2D eigenvalue weighted by molar-refractivity contribution is 1.66. The van der Waals surface area contributed by atoms with Crippen LogP contribution in [0, 0.1) is 0 Å². The third kappa shape index (κ3) is 0.722. The molecular weight excluding hydrogens is 144 g/mol. The van der Waals surface area contributed by atoms with Crippen molar-refractivity contribution in [3.05, 3.63) is 47.5 Å². The fourth-order valence-corrected chi connectivity index (χ4v) is 1.68. The molecule has 12 heavy (non-hydrogen) atoms. The predicted molar refractivity (Wildman–Crippen MR) is 52.9 cm³/mol. The zero-order chi connectivity index (χ0) is 7.97. The van der Waals surface area contributed by atoms with Gasteiger partial charge < -0.3 is 0 Å². The Labute approximate surface area is 71.1 Å². The summed E-state index contributed by atoms with van der Waals surface area (Å²) in [5.74, 6) is 0. The summed E-state index contributed by atoms with van der Waals surface area (Å²) in [6.45, 7) is 0. The monoisotopic (exact) mass is 152 g/mol. The molecule has 2 aromatic carbocycles. The maximum atomic E-state index is 2.22. The van der Waals surface area contributed by atoms with E-state index in [1.165, 1.54) is 21.9 Å². The molecule has 0 atom stereocenters. The van der Waals surface area contributed by atoms with Gasteiger partial charge in [0.2, 0.25) is 0 Å². The lowest BCUT2D eigenvalue weighted by Crippen LogP contribution is -1.81. The molecule has 0 heteroatoms. The Morgan fingerprint density at radius 2 is 1.08 bits per heavy atom. The fourth-order valence-electron chi connectivity index (χ4n) is 1.68. The van der Waals surface area contributed by atoms with Crippen LogP contribution in [0.3, 0.4) is 0 Å². The van der Waals surface area contributed by atoms with E-state index in [0.717, 1.165) is 0 Å². The molecule has 0 nitrogen and oxygen atoms in total. The van der Waals surface area contributed by atoms with Crippen molar-refractivity contribution in [3.63, 3.8) is 0 Å². The highest BCUT2D eigenvalue weighted by Gasteiger charge is 1.98. The second-order valence-electron chi connectivity index (χ2n) is 3.20. The molecule has 5 rings (SSSR count). The van der Waals surface area contributed by atoms with Crippen LogP contribution in [0.1, 0.15) is 11.1 Å². The van der Waals surface area contributed by atoms with Gasteiger partial charge in [-0.2, -0.15) is 0 Å². The van der Waals surface area contributed by atoms with Crippen LogP contribution in [0.5, 0.6) is 0 Å². The first-order chi connectivity index (χ1) is 5.92. The molecule has 0 aliphatic heterocycles. The van der Waals surface area contributed by atoms with Gasteiger partial charge in [0.05, 0.1) is 0 Å². The van der Waals surface area contributed by atoms with Crippen molar-refractivity contribution in [1.82, 2.24) is 0 Å². The topological polar surface area (TPSA) is 0 Å². The van der Waals surface area contributed by atoms with Crippen molar-refractivity contribution in [2.24, 2.45) is 0 Å². The first-order valence-corrected chi connectivity index (χ1v) is 4.14. The molecule has 0 radical (unpaired) electrons. The first kappa shape index (κ1) is 6.01. The Morgan fingerprint density at radius 1 is 0.583 bits per heavy atom. The Balaban J connectivity index is 2.64. The van der Waals surface area contributed by atoms with Gasteiger partial charge in [-0.05, 0) is 34.0 Å². The van der Waals surface area contributed by atoms with Crippen LogP contribution in [0.4, 0.5) is 0 Å². The van der Waals surface area contributed by atoms with Crippen LogP contribution in [0.25, 0.3) is 22.9 Å². The van der Waals surface area contributed by atoms with Gasteiger partial charge in [-0.25, -0.2) is 0 Å². The third-order valence-corrected chi connectivity index (χ3v) is 2.36. The molecule has 0 unspecified atom stereocenters. The summed E-state index contributed by atoms with van der Waals surface area (Å²) in [7, 11) is 0. The molecule has 0 N–H and O–H groups in total. The fraction of sp³-hybridized carbons (Fsp3) is 0. The van der Waals surface area contributed by atoms with E-state index >= 15 is 0 Å². The minimum atomic E-state index is 1.30. The molecule has 3 aliphatic rings. The zero-order valence-corrected chi connectivity index (χ0v) is 6.62. The summed E-state index contributed by atoms with van der Waals surface area (Å²) in [6.07, 6.45) is 4.31. The van der Waals surface area contributed by atoms with E-state index < -0.39 is 0 Å². The van der Waals surface area contributed by atoms with Crippen LogP contribution in [-0.4, -0.2) is 0 Å². The Kier molecular flexibility index (Phi) is 0.991. The van der Waals surface area contributed by atoms with Gasteiger partial charge in [0.25, 0.3) is 0 Å². The molecule has 56 valence electrons. The Hall–Kier alpha value is -1.56. The minimum absolute atomic E-state index is 1.30. The van der Waals surface area contributed by atoms with Crippen LogP contribution < -0.4 is 0 Å². The van der Waals surface area contributed by atoms with Crippen molar-refractivity contribution < 1.29 is 0 Å². The number of benzene rings is 2. The Bertz CT molecular complexity index is 433. The third-order valence-electron chi connectivity index (χ3n) is 2.36. The maximum absolute atomic E-state index is 2.22. The van der Waals surface area contributed by atoms with Gasteiger partial charge in [0, 0.05) is 0 Å². The van der Waals surface area contributed by atoms with E-state index in [2.05, 4.69) is 48.6 Å². The second kappa shape index (κ2) is 1.98. The smallest absolute Gasteiger partial charge is 0.0178 e. The van der Waals surface area contributed by atoms with E-state index in [-0.39, 0.29) is 0 Å². The number of hydrogen-bond donors (Lipinski definition) is 0. The summed E-state index contributed by atoms with van der Waals surface area (Å²) >= 11 is 0. The van der Waals surface area contributed by atoms with E-state index in [9.17, 15) is 0 Å². The highest BCUT2D eigenvalue weighted by atomic mass is 14.0. The standard InChI is InChI=1S/C12H8/c1-2-10-4-6-11-7-9(1)3-5-12(11)8-10/h1-8H. The molecule has 0 amide bonds. The quantitative estimate of drug-likeness (QED) is 0.463. The van der Waals surface area contributed by atoms with Crippen LogP contribution in [-0.2, 0) is 0 Å². The molecule has 0 fully saturated rings. The van der Waals surface area contributed by atoms with E-state index in [4.69, 9.17) is 0 Å². The molecule has 0 aromatic heterocycles. The molecule has 0 saturated heterocycles.